The molecule has 20 heavy (non-hydrogen) atoms. The molecule has 108 valence electrons. The molecule has 6 heteroatoms. The fourth-order valence-corrected chi connectivity index (χ4v) is 2.65. The zero-order chi connectivity index (χ0) is 14.9. The topological polar surface area (TPSA) is 89.5 Å². The molecule has 1 aromatic carbocycles. The minimum absolute atomic E-state index is 0.0447. The van der Waals surface area contributed by atoms with E-state index in [1.807, 2.05) is 0 Å². The summed E-state index contributed by atoms with van der Waals surface area (Å²) in [6, 6.07) is 4.12. The maximum Gasteiger partial charge on any atom is 0.282 e. The first kappa shape index (κ1) is 14.3. The van der Waals surface area contributed by atoms with E-state index in [1.165, 1.54) is 18.2 Å². The number of hydrogen-bond donors (Lipinski definition) is 1. The van der Waals surface area contributed by atoms with Gasteiger partial charge in [0.1, 0.15) is 5.56 Å². The number of nitro benzene ring substituents is 1. The van der Waals surface area contributed by atoms with E-state index in [2.05, 4.69) is 13.8 Å². The highest BCUT2D eigenvalue weighted by Crippen LogP contribution is 2.31. The molecule has 0 unspecified atom stereocenters. The third-order valence-corrected chi connectivity index (χ3v) is 3.64. The van der Waals surface area contributed by atoms with Gasteiger partial charge in [0, 0.05) is 24.8 Å². The Hall–Kier alpha value is -2.11. The Bertz CT molecular complexity index is 555. The Morgan fingerprint density at radius 2 is 2.15 bits per heavy atom. The molecule has 1 fully saturated rings. The van der Waals surface area contributed by atoms with Crippen LogP contribution in [0.25, 0.3) is 0 Å². The zero-order valence-electron chi connectivity index (χ0n) is 11.8. The molecule has 2 N–H and O–H groups in total. The monoisotopic (exact) mass is 277 g/mol. The molecule has 1 saturated heterocycles. The Labute approximate surface area is 117 Å². The van der Waals surface area contributed by atoms with Crippen LogP contribution in [0.2, 0.25) is 0 Å². The number of benzene rings is 1. The van der Waals surface area contributed by atoms with E-state index in [0.29, 0.717) is 18.8 Å². The van der Waals surface area contributed by atoms with Gasteiger partial charge in [-0.25, -0.2) is 0 Å². The van der Waals surface area contributed by atoms with Crippen molar-refractivity contribution in [3.05, 3.63) is 33.9 Å². The molecular formula is C14H19N3O3. The number of anilines is 1. The van der Waals surface area contributed by atoms with Gasteiger partial charge in [-0.15, -0.1) is 0 Å². The number of nitrogen functional groups attached to an aromatic ring is 1. The van der Waals surface area contributed by atoms with Gasteiger partial charge in [-0.2, -0.15) is 0 Å². The Kier molecular flexibility index (Phi) is 3.65. The predicted molar refractivity (Wildman–Crippen MR) is 76.4 cm³/mol. The van der Waals surface area contributed by atoms with Crippen molar-refractivity contribution in [2.75, 3.05) is 18.8 Å². The van der Waals surface area contributed by atoms with Gasteiger partial charge in [-0.05, 0) is 30.4 Å². The number of nitro groups is 1. The molecule has 2 rings (SSSR count). The molecule has 1 amide bonds. The fraction of sp³-hybridized carbons (Fsp3) is 0.500. The highest BCUT2D eigenvalue weighted by atomic mass is 16.6. The Balaban J connectivity index is 2.33. The van der Waals surface area contributed by atoms with Crippen LogP contribution in [0.15, 0.2) is 18.2 Å². The maximum atomic E-state index is 12.5. The third kappa shape index (κ3) is 2.89. The van der Waals surface area contributed by atoms with Gasteiger partial charge in [0.05, 0.1) is 4.92 Å². The van der Waals surface area contributed by atoms with Gasteiger partial charge in [-0.3, -0.25) is 14.9 Å². The summed E-state index contributed by atoms with van der Waals surface area (Å²) >= 11 is 0. The van der Waals surface area contributed by atoms with Gasteiger partial charge >= 0.3 is 0 Å². The molecule has 0 aliphatic carbocycles. The lowest BCUT2D eigenvalue weighted by molar-refractivity contribution is -0.385. The summed E-state index contributed by atoms with van der Waals surface area (Å²) in [6.45, 7) is 5.44. The standard InChI is InChI=1S/C14H19N3O3/c1-14(2)6-3-7-16(9-14)13(18)11-8-10(15)4-5-12(11)17(19)20/h4-5,8H,3,6-7,9,15H2,1-2H3. The number of nitrogens with zero attached hydrogens (tertiary/aromatic N) is 2. The van der Waals surface area contributed by atoms with E-state index in [9.17, 15) is 14.9 Å². The van der Waals surface area contributed by atoms with Crippen LogP contribution in [0.4, 0.5) is 11.4 Å². The summed E-state index contributed by atoms with van der Waals surface area (Å²) in [4.78, 5) is 24.7. The summed E-state index contributed by atoms with van der Waals surface area (Å²) in [7, 11) is 0. The smallest absolute Gasteiger partial charge is 0.282 e. The van der Waals surface area contributed by atoms with Crippen molar-refractivity contribution >= 4 is 17.3 Å². The fourth-order valence-electron chi connectivity index (χ4n) is 2.65. The van der Waals surface area contributed by atoms with E-state index in [-0.39, 0.29) is 22.6 Å². The van der Waals surface area contributed by atoms with Gasteiger partial charge in [0.2, 0.25) is 0 Å². The van der Waals surface area contributed by atoms with Crippen LogP contribution in [0.5, 0.6) is 0 Å². The zero-order valence-corrected chi connectivity index (χ0v) is 11.8. The van der Waals surface area contributed by atoms with Crippen LogP contribution in [0, 0.1) is 15.5 Å². The molecule has 0 saturated carbocycles. The predicted octanol–water partition coefficient (Wildman–Crippen LogP) is 2.44. The largest absolute Gasteiger partial charge is 0.399 e. The first-order valence-electron chi connectivity index (χ1n) is 6.63. The van der Waals surface area contributed by atoms with Crippen LogP contribution >= 0.6 is 0 Å². The van der Waals surface area contributed by atoms with Crippen molar-refractivity contribution in [3.63, 3.8) is 0 Å². The summed E-state index contributed by atoms with van der Waals surface area (Å²) in [6.07, 6.45) is 1.96. The average molecular weight is 277 g/mol. The molecule has 6 nitrogen and oxygen atoms in total. The second-order valence-electron chi connectivity index (χ2n) is 6.03. The highest BCUT2D eigenvalue weighted by molar-refractivity contribution is 5.99. The first-order chi connectivity index (χ1) is 9.30. The van der Waals surface area contributed by atoms with Crippen LogP contribution in [0.3, 0.4) is 0 Å². The number of rotatable bonds is 2. The number of amides is 1. The van der Waals surface area contributed by atoms with E-state index in [0.717, 1.165) is 12.8 Å². The van der Waals surface area contributed by atoms with E-state index < -0.39 is 4.92 Å². The van der Waals surface area contributed by atoms with Crippen molar-refractivity contribution < 1.29 is 9.72 Å². The number of nitrogens with two attached hydrogens (primary N) is 1. The number of carbonyl (C=O) groups is 1. The quantitative estimate of drug-likeness (QED) is 0.510. The van der Waals surface area contributed by atoms with Gasteiger partial charge in [0.25, 0.3) is 11.6 Å². The number of hydrogen-bond acceptors (Lipinski definition) is 4. The molecule has 0 spiro atoms. The second kappa shape index (κ2) is 5.11. The summed E-state index contributed by atoms with van der Waals surface area (Å²) in [5, 5.41) is 11.0. The lowest BCUT2D eigenvalue weighted by atomic mass is 9.84. The molecule has 0 radical (unpaired) electrons. The summed E-state index contributed by atoms with van der Waals surface area (Å²) in [5.41, 5.74) is 5.95. The van der Waals surface area contributed by atoms with Crippen molar-refractivity contribution in [2.24, 2.45) is 5.41 Å². The van der Waals surface area contributed by atoms with Crippen LogP contribution in [-0.2, 0) is 0 Å². The lowest BCUT2D eigenvalue weighted by Crippen LogP contribution is -2.43. The normalized spacial score (nSPS) is 17.8. The van der Waals surface area contributed by atoms with Gasteiger partial charge in [0.15, 0.2) is 0 Å². The van der Waals surface area contributed by atoms with E-state index in [1.54, 1.807) is 4.90 Å². The number of carbonyl (C=O) groups excluding carboxylic acids is 1. The molecule has 1 aromatic rings. The van der Waals surface area contributed by atoms with Crippen LogP contribution in [-0.4, -0.2) is 28.8 Å². The summed E-state index contributed by atoms with van der Waals surface area (Å²) < 4.78 is 0. The van der Waals surface area contributed by atoms with Crippen molar-refractivity contribution in [3.8, 4) is 0 Å². The molecular weight excluding hydrogens is 258 g/mol. The Morgan fingerprint density at radius 1 is 1.45 bits per heavy atom. The highest BCUT2D eigenvalue weighted by Gasteiger charge is 2.32. The third-order valence-electron chi connectivity index (χ3n) is 3.64. The molecule has 1 aliphatic rings. The Morgan fingerprint density at radius 3 is 2.75 bits per heavy atom. The molecule has 1 heterocycles. The molecule has 0 atom stereocenters. The minimum Gasteiger partial charge on any atom is -0.399 e. The maximum absolute atomic E-state index is 12.5. The molecule has 1 aliphatic heterocycles. The lowest BCUT2D eigenvalue weighted by Gasteiger charge is -2.38. The van der Waals surface area contributed by atoms with Gasteiger partial charge in [-0.1, -0.05) is 13.8 Å². The van der Waals surface area contributed by atoms with E-state index in [4.69, 9.17) is 5.73 Å². The van der Waals surface area contributed by atoms with Crippen molar-refractivity contribution in [1.82, 2.24) is 4.90 Å². The SMILES string of the molecule is CC1(C)CCCN(C(=O)c2cc(N)ccc2[N+](=O)[O-])C1. The average Bonchev–Trinajstić information content (AvgIpc) is 2.36. The van der Waals surface area contributed by atoms with E-state index >= 15 is 0 Å². The van der Waals surface area contributed by atoms with Crippen molar-refractivity contribution in [1.29, 1.82) is 0 Å². The molecule has 0 aromatic heterocycles. The van der Waals surface area contributed by atoms with Crippen LogP contribution in [0.1, 0.15) is 37.0 Å². The minimum atomic E-state index is -0.540. The first-order valence-corrected chi connectivity index (χ1v) is 6.63. The van der Waals surface area contributed by atoms with Gasteiger partial charge < -0.3 is 10.6 Å². The van der Waals surface area contributed by atoms with Crippen LogP contribution < -0.4 is 5.73 Å². The summed E-state index contributed by atoms with van der Waals surface area (Å²) in [5.74, 6) is -0.309. The second-order valence-corrected chi connectivity index (χ2v) is 6.03. The molecule has 0 bridgehead atoms. The van der Waals surface area contributed by atoms with Crippen molar-refractivity contribution in [2.45, 2.75) is 26.7 Å². The number of likely N-dealkylation sites (tertiary alicyclic amines) is 1. The number of piperidine rings is 1.